The highest BCUT2D eigenvalue weighted by Crippen LogP contribution is 2.18. The number of hydrogen-bond donors (Lipinski definition) is 1. The van der Waals surface area contributed by atoms with Crippen molar-refractivity contribution in [1.29, 1.82) is 0 Å². The molecule has 2 rings (SSSR count). The lowest BCUT2D eigenvalue weighted by atomic mass is 9.91. The molecule has 2 N–H and O–H groups in total. The van der Waals surface area contributed by atoms with Crippen molar-refractivity contribution < 1.29 is 15.2 Å². The van der Waals surface area contributed by atoms with E-state index in [-0.39, 0.29) is 0 Å². The first-order valence-electron chi connectivity index (χ1n) is 7.21. The van der Waals surface area contributed by atoms with Crippen molar-refractivity contribution in [2.75, 3.05) is 0 Å². The molecule has 0 heterocycles. The van der Waals surface area contributed by atoms with E-state index in [2.05, 4.69) is 5.32 Å². The molecule has 2 aliphatic carbocycles. The lowest BCUT2D eigenvalue weighted by Gasteiger charge is -2.27. The van der Waals surface area contributed by atoms with Crippen LogP contribution in [0.25, 0.3) is 0 Å². The summed E-state index contributed by atoms with van der Waals surface area (Å²) in [5, 5.41) is 11.6. The van der Waals surface area contributed by atoms with Crippen LogP contribution in [0, 0.1) is 0 Å². The largest absolute Gasteiger partial charge is 0.550 e. The zero-order valence-electron chi connectivity index (χ0n) is 11.1. The van der Waals surface area contributed by atoms with Crippen molar-refractivity contribution in [2.24, 2.45) is 0 Å². The topological polar surface area (TPSA) is 56.7 Å². The molecule has 2 saturated carbocycles. The van der Waals surface area contributed by atoms with Crippen molar-refractivity contribution in [3.8, 4) is 0 Å². The SMILES string of the molecule is C1CCC([NH2+]C2CCCCC2)CC1.CC(=O)[O-]. The molecule has 0 amide bonds. The number of rotatable bonds is 2. The Bertz CT molecular complexity index is 186. The molecular formula is C14H27NO2. The maximum absolute atomic E-state index is 8.89. The summed E-state index contributed by atoms with van der Waals surface area (Å²) < 4.78 is 0. The van der Waals surface area contributed by atoms with Gasteiger partial charge in [-0.1, -0.05) is 12.8 Å². The fraction of sp³-hybridized carbons (Fsp3) is 0.929. The minimum absolute atomic E-state index is 0.972. The number of hydrogen-bond acceptors (Lipinski definition) is 2. The van der Waals surface area contributed by atoms with E-state index in [1.807, 2.05) is 0 Å². The zero-order chi connectivity index (χ0) is 12.5. The quantitative estimate of drug-likeness (QED) is 0.783. The Hall–Kier alpha value is -0.570. The molecule has 3 nitrogen and oxygen atoms in total. The highest BCUT2D eigenvalue weighted by molar-refractivity contribution is 5.60. The molecule has 2 aliphatic rings. The summed E-state index contributed by atoms with van der Waals surface area (Å²) >= 11 is 0. The summed E-state index contributed by atoms with van der Waals surface area (Å²) in [5.41, 5.74) is 0. The second kappa shape index (κ2) is 8.51. The van der Waals surface area contributed by atoms with Crippen LogP contribution < -0.4 is 10.4 Å². The molecule has 2 fully saturated rings. The first kappa shape index (κ1) is 14.5. The van der Waals surface area contributed by atoms with E-state index in [9.17, 15) is 0 Å². The van der Waals surface area contributed by atoms with Crippen LogP contribution in [0.1, 0.15) is 71.1 Å². The number of carboxylic acid groups (broad SMARTS) is 1. The molecule has 0 aromatic rings. The second-order valence-electron chi connectivity index (χ2n) is 5.48. The Kier molecular flexibility index (Phi) is 7.25. The third kappa shape index (κ3) is 7.37. The van der Waals surface area contributed by atoms with E-state index < -0.39 is 5.97 Å². The van der Waals surface area contributed by atoms with Gasteiger partial charge in [0.25, 0.3) is 0 Å². The van der Waals surface area contributed by atoms with Gasteiger partial charge in [-0.25, -0.2) is 0 Å². The molecule has 17 heavy (non-hydrogen) atoms. The number of carboxylic acids is 1. The first-order chi connectivity index (χ1) is 8.18. The lowest BCUT2D eigenvalue weighted by molar-refractivity contribution is -0.725. The van der Waals surface area contributed by atoms with Crippen molar-refractivity contribution in [2.45, 2.75) is 83.2 Å². The summed E-state index contributed by atoms with van der Waals surface area (Å²) in [5.74, 6) is -1.08. The maximum Gasteiger partial charge on any atom is 0.0861 e. The fourth-order valence-corrected chi connectivity index (χ4v) is 3.04. The standard InChI is InChI=1S/C12H23N.C2H4O2/c1-3-7-11(8-4-1)13-12-9-5-2-6-10-12;1-2(3)4/h11-13H,1-10H2;1H3,(H,3,4). The normalized spacial score (nSPS) is 22.6. The Balaban J connectivity index is 0.000000317. The third-order valence-corrected chi connectivity index (χ3v) is 3.84. The van der Waals surface area contributed by atoms with E-state index in [4.69, 9.17) is 9.90 Å². The van der Waals surface area contributed by atoms with Gasteiger partial charge in [-0.2, -0.15) is 0 Å². The van der Waals surface area contributed by atoms with Gasteiger partial charge in [0, 0.05) is 5.97 Å². The molecule has 0 radical (unpaired) electrons. The molecule has 0 aliphatic heterocycles. The molecule has 0 aromatic heterocycles. The van der Waals surface area contributed by atoms with E-state index in [0.29, 0.717) is 0 Å². The molecule has 0 spiro atoms. The van der Waals surface area contributed by atoms with E-state index in [1.54, 1.807) is 0 Å². The first-order valence-corrected chi connectivity index (χ1v) is 7.21. The maximum atomic E-state index is 8.89. The molecule has 0 unspecified atom stereocenters. The Morgan fingerprint density at radius 3 is 1.47 bits per heavy atom. The third-order valence-electron chi connectivity index (χ3n) is 3.84. The number of quaternary nitrogens is 1. The fourth-order valence-electron chi connectivity index (χ4n) is 3.04. The van der Waals surface area contributed by atoms with Gasteiger partial charge in [0.1, 0.15) is 0 Å². The van der Waals surface area contributed by atoms with Gasteiger partial charge in [-0.3, -0.25) is 0 Å². The van der Waals surface area contributed by atoms with Crippen molar-refractivity contribution in [3.63, 3.8) is 0 Å². The molecular weight excluding hydrogens is 214 g/mol. The molecule has 0 bridgehead atoms. The summed E-state index contributed by atoms with van der Waals surface area (Å²) in [4.78, 5) is 8.89. The summed E-state index contributed by atoms with van der Waals surface area (Å²) in [6, 6.07) is 1.99. The van der Waals surface area contributed by atoms with Gasteiger partial charge in [0.2, 0.25) is 0 Å². The summed E-state index contributed by atoms with van der Waals surface area (Å²) in [6.07, 6.45) is 15.0. The number of nitrogens with two attached hydrogens (primary N) is 1. The van der Waals surface area contributed by atoms with Gasteiger partial charge in [0.05, 0.1) is 12.1 Å². The molecule has 0 aromatic carbocycles. The Labute approximate surface area is 105 Å². The molecule has 3 heteroatoms. The highest BCUT2D eigenvalue weighted by Gasteiger charge is 2.22. The second-order valence-corrected chi connectivity index (χ2v) is 5.48. The van der Waals surface area contributed by atoms with Gasteiger partial charge < -0.3 is 15.2 Å². The minimum Gasteiger partial charge on any atom is -0.550 e. The van der Waals surface area contributed by atoms with Crippen LogP contribution >= 0.6 is 0 Å². The number of aliphatic carboxylic acids is 1. The highest BCUT2D eigenvalue weighted by atomic mass is 16.4. The van der Waals surface area contributed by atoms with E-state index >= 15 is 0 Å². The van der Waals surface area contributed by atoms with Crippen LogP contribution in [-0.2, 0) is 4.79 Å². The molecule has 100 valence electrons. The van der Waals surface area contributed by atoms with Gasteiger partial charge in [0.15, 0.2) is 0 Å². The van der Waals surface area contributed by atoms with E-state index in [1.165, 1.54) is 64.2 Å². The van der Waals surface area contributed by atoms with Crippen LogP contribution in [-0.4, -0.2) is 18.1 Å². The van der Waals surface area contributed by atoms with Crippen LogP contribution in [0.5, 0.6) is 0 Å². The summed E-state index contributed by atoms with van der Waals surface area (Å²) in [6.45, 7) is 0.972. The van der Waals surface area contributed by atoms with Crippen molar-refractivity contribution in [3.05, 3.63) is 0 Å². The Morgan fingerprint density at radius 2 is 1.18 bits per heavy atom. The molecule has 0 saturated heterocycles. The smallest absolute Gasteiger partial charge is 0.0861 e. The van der Waals surface area contributed by atoms with Gasteiger partial charge in [-0.05, 0) is 58.3 Å². The van der Waals surface area contributed by atoms with Crippen LogP contribution in [0.15, 0.2) is 0 Å². The predicted molar refractivity (Wildman–Crippen MR) is 66.4 cm³/mol. The van der Waals surface area contributed by atoms with Crippen LogP contribution in [0.3, 0.4) is 0 Å². The molecule has 0 atom stereocenters. The van der Waals surface area contributed by atoms with Crippen molar-refractivity contribution in [1.82, 2.24) is 0 Å². The van der Waals surface area contributed by atoms with Crippen LogP contribution in [0.4, 0.5) is 0 Å². The van der Waals surface area contributed by atoms with Crippen molar-refractivity contribution >= 4 is 5.97 Å². The Morgan fingerprint density at radius 1 is 0.882 bits per heavy atom. The minimum atomic E-state index is -1.08. The average molecular weight is 241 g/mol. The monoisotopic (exact) mass is 241 g/mol. The lowest BCUT2D eigenvalue weighted by Crippen LogP contribution is -2.95. The zero-order valence-corrected chi connectivity index (χ0v) is 11.1. The van der Waals surface area contributed by atoms with E-state index in [0.717, 1.165) is 19.0 Å². The number of carbonyl (C=O) groups is 1. The predicted octanol–water partition coefficient (Wildman–Crippen LogP) is 0.971. The summed E-state index contributed by atoms with van der Waals surface area (Å²) in [7, 11) is 0. The van der Waals surface area contributed by atoms with Gasteiger partial charge >= 0.3 is 0 Å². The average Bonchev–Trinajstić information content (AvgIpc) is 2.31. The van der Waals surface area contributed by atoms with Gasteiger partial charge in [-0.15, -0.1) is 0 Å². The number of carbonyl (C=O) groups excluding carboxylic acids is 1. The van der Waals surface area contributed by atoms with Crippen LogP contribution in [0.2, 0.25) is 0 Å².